The summed E-state index contributed by atoms with van der Waals surface area (Å²) in [5.41, 5.74) is -0.338. The second kappa shape index (κ2) is 11.7. The molecule has 2 heterocycles. The maximum atomic E-state index is 13.3. The molecular weight excluding hydrogens is 598 g/mol. The van der Waals surface area contributed by atoms with Crippen molar-refractivity contribution >= 4 is 23.2 Å². The number of rotatable bonds is 8. The zero-order valence-electron chi connectivity index (χ0n) is 21.7. The fourth-order valence-electron chi connectivity index (χ4n) is 4.08. The third kappa shape index (κ3) is 6.42. The molecule has 3 N–H and O–H groups in total. The number of aromatic nitrogens is 6. The van der Waals surface area contributed by atoms with Crippen LogP contribution in [0.3, 0.4) is 0 Å². The van der Waals surface area contributed by atoms with Gasteiger partial charge in [-0.25, -0.2) is 23.5 Å². The van der Waals surface area contributed by atoms with Gasteiger partial charge in [-0.2, -0.15) is 13.2 Å². The van der Waals surface area contributed by atoms with Gasteiger partial charge in [-0.05, 0) is 48.5 Å². The van der Waals surface area contributed by atoms with E-state index < -0.39 is 42.0 Å². The summed E-state index contributed by atoms with van der Waals surface area (Å²) >= 11 is 5.91. The molecule has 0 aliphatic carbocycles. The quantitative estimate of drug-likeness (QED) is 0.177. The average molecular weight is 618 g/mol. The second-order valence-corrected chi connectivity index (χ2v) is 9.61. The fourth-order valence-corrected chi connectivity index (χ4v) is 4.21. The number of benzene rings is 3. The number of nitrogens with one attached hydrogen (secondary N) is 1. The van der Waals surface area contributed by atoms with E-state index in [1.54, 1.807) is 18.2 Å². The number of hydrogen-bond acceptors (Lipinski definition) is 7. The van der Waals surface area contributed by atoms with Crippen molar-refractivity contribution < 1.29 is 32.6 Å². The summed E-state index contributed by atoms with van der Waals surface area (Å²) in [7, 11) is 0. The number of amides is 1. The van der Waals surface area contributed by atoms with E-state index in [4.69, 9.17) is 11.6 Å². The van der Waals surface area contributed by atoms with Crippen molar-refractivity contribution in [3.05, 3.63) is 106 Å². The molecule has 43 heavy (non-hydrogen) atoms. The molecule has 0 radical (unpaired) electrons. The van der Waals surface area contributed by atoms with Crippen molar-refractivity contribution in [1.29, 1.82) is 0 Å². The van der Waals surface area contributed by atoms with Crippen LogP contribution in [0, 0.1) is 5.82 Å². The van der Waals surface area contributed by atoms with E-state index in [1.807, 2.05) is 0 Å². The first kappa shape index (κ1) is 29.5. The first-order valence-electron chi connectivity index (χ1n) is 12.4. The summed E-state index contributed by atoms with van der Waals surface area (Å²) in [6.45, 7) is -1.46. The van der Waals surface area contributed by atoms with Crippen molar-refractivity contribution in [3.8, 4) is 22.8 Å². The first-order valence-corrected chi connectivity index (χ1v) is 12.8. The number of para-hydroxylation sites is 1. The highest BCUT2D eigenvalue weighted by atomic mass is 35.5. The van der Waals surface area contributed by atoms with Gasteiger partial charge in [0.05, 0.1) is 23.5 Å². The van der Waals surface area contributed by atoms with Crippen LogP contribution >= 0.6 is 11.6 Å². The van der Waals surface area contributed by atoms with Crippen molar-refractivity contribution in [1.82, 2.24) is 29.1 Å². The Bertz CT molecular complexity index is 1850. The van der Waals surface area contributed by atoms with Crippen LogP contribution in [0.15, 0.2) is 77.9 Å². The summed E-state index contributed by atoms with van der Waals surface area (Å²) in [4.78, 5) is 30.3. The van der Waals surface area contributed by atoms with E-state index in [0.29, 0.717) is 9.59 Å². The Morgan fingerprint density at radius 1 is 1.05 bits per heavy atom. The number of hydrogen-bond donors (Lipinski definition) is 3. The summed E-state index contributed by atoms with van der Waals surface area (Å²) in [6, 6.07) is 15.2. The molecule has 11 nitrogen and oxygen atoms in total. The molecule has 0 aliphatic rings. The minimum absolute atomic E-state index is 0.0252. The number of aromatic hydroxyl groups is 1. The Morgan fingerprint density at radius 3 is 2.47 bits per heavy atom. The summed E-state index contributed by atoms with van der Waals surface area (Å²) < 4.78 is 55.5. The molecule has 3 aromatic carbocycles. The van der Waals surface area contributed by atoms with Gasteiger partial charge in [-0.1, -0.05) is 23.7 Å². The van der Waals surface area contributed by atoms with Crippen LogP contribution in [0.5, 0.6) is 5.75 Å². The lowest BCUT2D eigenvalue weighted by atomic mass is 10.1. The Kier molecular flexibility index (Phi) is 8.02. The average Bonchev–Trinajstić information content (AvgIpc) is 3.55. The molecule has 1 atom stereocenters. The smallest absolute Gasteiger partial charge is 0.416 e. The normalized spacial score (nSPS) is 12.3. The molecule has 2 aromatic heterocycles. The molecular formula is C27H20ClF4N7O4. The van der Waals surface area contributed by atoms with E-state index >= 15 is 0 Å². The van der Waals surface area contributed by atoms with Crippen molar-refractivity contribution in [2.45, 2.75) is 25.4 Å². The van der Waals surface area contributed by atoms with Gasteiger partial charge in [0, 0.05) is 16.7 Å². The molecule has 0 saturated heterocycles. The van der Waals surface area contributed by atoms with Gasteiger partial charge in [0.25, 0.3) is 5.91 Å². The van der Waals surface area contributed by atoms with E-state index in [1.165, 1.54) is 47.4 Å². The topological polar surface area (TPSA) is 140 Å². The molecule has 0 bridgehead atoms. The predicted molar refractivity (Wildman–Crippen MR) is 145 cm³/mol. The molecule has 0 saturated carbocycles. The van der Waals surface area contributed by atoms with Crippen LogP contribution in [0.4, 0.5) is 23.2 Å². The van der Waals surface area contributed by atoms with E-state index in [2.05, 4.69) is 20.5 Å². The predicted octanol–water partition coefficient (Wildman–Crippen LogP) is 4.01. The maximum Gasteiger partial charge on any atom is 0.416 e. The molecule has 222 valence electrons. The molecule has 16 heteroatoms. The van der Waals surface area contributed by atoms with Crippen LogP contribution in [-0.2, 0) is 13.1 Å². The standard InChI is InChI=1S/C27H20ClF4N7O4/c28-16-7-5-15(6-8-16)24-36-38(26(43)37(24)12-22(41)27(30,31)32)13-23-33-14-39(35-23)20-4-2-1-3-18(20)25(42)34-19-10-9-17(29)11-21(19)40/h1-11,14,22,40-41H,12-13H2,(H,34,42)/t22-/m0/s1. The van der Waals surface area contributed by atoms with Crippen molar-refractivity contribution in [3.63, 3.8) is 0 Å². The van der Waals surface area contributed by atoms with Gasteiger partial charge in [-0.15, -0.1) is 10.2 Å². The number of nitrogens with zero attached hydrogens (tertiary/aromatic N) is 6. The van der Waals surface area contributed by atoms with Crippen LogP contribution in [-0.4, -0.2) is 57.5 Å². The molecule has 5 aromatic rings. The van der Waals surface area contributed by atoms with Gasteiger partial charge in [0.2, 0.25) is 0 Å². The Hall–Kier alpha value is -5.02. The number of anilines is 1. The molecule has 0 spiro atoms. The van der Waals surface area contributed by atoms with Crippen molar-refractivity contribution in [2.75, 3.05) is 5.32 Å². The van der Waals surface area contributed by atoms with Gasteiger partial charge in [0.15, 0.2) is 17.8 Å². The molecule has 5 rings (SSSR count). The number of phenolic OH excluding ortho intramolecular Hbond substituents is 1. The summed E-state index contributed by atoms with van der Waals surface area (Å²) in [5, 5.41) is 30.9. The Balaban J connectivity index is 1.44. The van der Waals surface area contributed by atoms with Crippen LogP contribution in [0.2, 0.25) is 5.02 Å². The number of carbonyl (C=O) groups is 1. The van der Waals surface area contributed by atoms with Gasteiger partial charge >= 0.3 is 11.9 Å². The lowest BCUT2D eigenvalue weighted by molar-refractivity contribution is -0.207. The third-order valence-corrected chi connectivity index (χ3v) is 6.44. The summed E-state index contributed by atoms with van der Waals surface area (Å²) in [6.07, 6.45) is -6.55. The number of alkyl halides is 3. The van der Waals surface area contributed by atoms with Crippen molar-refractivity contribution in [2.24, 2.45) is 0 Å². The highest BCUT2D eigenvalue weighted by Gasteiger charge is 2.39. The van der Waals surface area contributed by atoms with Crippen LogP contribution in [0.1, 0.15) is 16.2 Å². The molecule has 0 fully saturated rings. The minimum Gasteiger partial charge on any atom is -0.506 e. The van der Waals surface area contributed by atoms with E-state index in [-0.39, 0.29) is 40.7 Å². The molecule has 0 aliphatic heterocycles. The lowest BCUT2D eigenvalue weighted by Gasteiger charge is -2.15. The minimum atomic E-state index is -4.98. The Morgan fingerprint density at radius 2 is 1.77 bits per heavy atom. The molecule has 1 amide bonds. The van der Waals surface area contributed by atoms with Gasteiger partial charge in [0.1, 0.15) is 24.4 Å². The zero-order valence-corrected chi connectivity index (χ0v) is 22.5. The fraction of sp³-hybridized carbons (Fsp3) is 0.148. The summed E-state index contributed by atoms with van der Waals surface area (Å²) in [5.74, 6) is -1.93. The second-order valence-electron chi connectivity index (χ2n) is 9.18. The van der Waals surface area contributed by atoms with E-state index in [9.17, 15) is 37.4 Å². The number of phenols is 1. The Labute approximate surface area is 244 Å². The number of halogens is 5. The van der Waals surface area contributed by atoms with Gasteiger partial charge < -0.3 is 15.5 Å². The SMILES string of the molecule is O=C(Nc1ccc(F)cc1O)c1ccccc1-n1cnc(Cn2nc(-c3ccc(Cl)cc3)n(C[C@H](O)C(F)(F)F)c2=O)n1. The number of aliphatic hydroxyl groups excluding tert-OH is 1. The highest BCUT2D eigenvalue weighted by molar-refractivity contribution is 6.30. The maximum absolute atomic E-state index is 13.3. The third-order valence-electron chi connectivity index (χ3n) is 6.19. The van der Waals surface area contributed by atoms with Gasteiger partial charge in [-0.3, -0.25) is 9.36 Å². The number of aliphatic hydroxyl groups is 1. The monoisotopic (exact) mass is 617 g/mol. The lowest BCUT2D eigenvalue weighted by Crippen LogP contribution is -2.37. The van der Waals surface area contributed by atoms with E-state index in [0.717, 1.165) is 16.8 Å². The molecule has 0 unspecified atom stereocenters. The number of carbonyl (C=O) groups excluding carboxylic acids is 1. The zero-order chi connectivity index (χ0) is 30.9. The first-order chi connectivity index (χ1) is 20.4. The van der Waals surface area contributed by atoms with Crippen LogP contribution in [0.25, 0.3) is 17.1 Å². The highest BCUT2D eigenvalue weighted by Crippen LogP contribution is 2.26. The largest absolute Gasteiger partial charge is 0.506 e. The van der Waals surface area contributed by atoms with Crippen LogP contribution < -0.4 is 11.0 Å².